The molecule has 0 radical (unpaired) electrons. The van der Waals surface area contributed by atoms with Gasteiger partial charge in [0.1, 0.15) is 11.0 Å². The van der Waals surface area contributed by atoms with Crippen molar-refractivity contribution in [1.29, 1.82) is 0 Å². The van der Waals surface area contributed by atoms with Gasteiger partial charge in [-0.25, -0.2) is 9.78 Å². The van der Waals surface area contributed by atoms with E-state index in [2.05, 4.69) is 20.9 Å². The first kappa shape index (κ1) is 22.8. The number of rotatable bonds is 7. The van der Waals surface area contributed by atoms with Crippen LogP contribution in [-0.2, 0) is 11.3 Å². The molecule has 3 N–H and O–H groups in total. The summed E-state index contributed by atoms with van der Waals surface area (Å²) in [6.07, 6.45) is 0. The van der Waals surface area contributed by atoms with Gasteiger partial charge in [-0.15, -0.1) is 11.3 Å². The number of halogens is 1. The van der Waals surface area contributed by atoms with Crippen LogP contribution < -0.4 is 16.0 Å². The number of aromatic nitrogens is 1. The lowest BCUT2D eigenvalue weighted by Crippen LogP contribution is -2.50. The molecule has 2 aromatic carbocycles. The Morgan fingerprint density at radius 2 is 1.74 bits per heavy atom. The van der Waals surface area contributed by atoms with E-state index in [4.69, 9.17) is 11.6 Å². The van der Waals surface area contributed by atoms with Crippen molar-refractivity contribution in [2.75, 3.05) is 5.32 Å². The zero-order valence-electron chi connectivity index (χ0n) is 17.6. The highest BCUT2D eigenvalue weighted by Gasteiger charge is 2.24. The van der Waals surface area contributed by atoms with Gasteiger partial charge in [-0.2, -0.15) is 0 Å². The molecule has 0 saturated heterocycles. The van der Waals surface area contributed by atoms with Crippen LogP contribution in [0.15, 0.2) is 54.6 Å². The van der Waals surface area contributed by atoms with Crippen LogP contribution in [0.3, 0.4) is 0 Å². The predicted molar refractivity (Wildman–Crippen MR) is 126 cm³/mol. The van der Waals surface area contributed by atoms with Gasteiger partial charge < -0.3 is 16.0 Å². The predicted octanol–water partition coefficient (Wildman–Crippen LogP) is 5.23. The average molecular weight is 457 g/mol. The lowest BCUT2D eigenvalue weighted by Gasteiger charge is -2.21. The first-order chi connectivity index (χ1) is 14.8. The van der Waals surface area contributed by atoms with Crippen molar-refractivity contribution >= 4 is 40.6 Å². The van der Waals surface area contributed by atoms with E-state index in [1.54, 1.807) is 12.1 Å². The quantitative estimate of drug-likeness (QED) is 0.455. The fourth-order valence-electron chi connectivity index (χ4n) is 3.04. The van der Waals surface area contributed by atoms with Crippen molar-refractivity contribution in [3.63, 3.8) is 0 Å². The van der Waals surface area contributed by atoms with E-state index in [9.17, 15) is 9.59 Å². The summed E-state index contributed by atoms with van der Waals surface area (Å²) in [6.45, 7) is 6.07. The third-order valence-corrected chi connectivity index (χ3v) is 5.86. The fraction of sp³-hybridized carbons (Fsp3) is 0.261. The third-order valence-electron chi connectivity index (χ3n) is 4.64. The lowest BCUT2D eigenvalue weighted by molar-refractivity contribution is -0.124. The molecule has 0 aliphatic rings. The number of thiazole rings is 1. The van der Waals surface area contributed by atoms with E-state index in [-0.39, 0.29) is 11.8 Å². The van der Waals surface area contributed by atoms with Crippen LogP contribution in [-0.4, -0.2) is 23.0 Å². The second kappa shape index (κ2) is 10.4. The molecule has 0 bridgehead atoms. The monoisotopic (exact) mass is 456 g/mol. The summed E-state index contributed by atoms with van der Waals surface area (Å²) < 4.78 is 0. The van der Waals surface area contributed by atoms with Crippen molar-refractivity contribution in [2.45, 2.75) is 33.4 Å². The Morgan fingerprint density at radius 1 is 1.06 bits per heavy atom. The van der Waals surface area contributed by atoms with Crippen molar-refractivity contribution in [3.8, 4) is 11.3 Å². The second-order valence-corrected chi connectivity index (χ2v) is 9.15. The number of carbonyl (C=O) groups is 2. The smallest absolute Gasteiger partial charge is 0.319 e. The molecule has 8 heteroatoms. The molecular formula is C23H25ClN4O2S. The topological polar surface area (TPSA) is 83.1 Å². The molecular weight excluding hydrogens is 432 g/mol. The molecule has 1 aromatic heterocycles. The number of anilines is 1. The maximum absolute atomic E-state index is 12.8. The summed E-state index contributed by atoms with van der Waals surface area (Å²) in [7, 11) is 0. The van der Waals surface area contributed by atoms with Gasteiger partial charge in [0.25, 0.3) is 0 Å². The van der Waals surface area contributed by atoms with E-state index in [1.165, 1.54) is 11.3 Å². The van der Waals surface area contributed by atoms with E-state index in [0.29, 0.717) is 17.3 Å². The summed E-state index contributed by atoms with van der Waals surface area (Å²) in [5.41, 5.74) is 2.53. The number of hydrogen-bond acceptors (Lipinski definition) is 4. The minimum Gasteiger partial charge on any atom is -0.348 e. The highest BCUT2D eigenvalue weighted by molar-refractivity contribution is 7.12. The lowest BCUT2D eigenvalue weighted by atomic mass is 10.0. The molecule has 6 nitrogen and oxygen atoms in total. The zero-order chi connectivity index (χ0) is 22.4. The molecule has 0 saturated carbocycles. The maximum atomic E-state index is 12.8. The number of urea groups is 1. The standard InChI is InChI=1S/C23H25ClN4O2S/c1-14(2)20(28-23(30)26-18-7-5-4-6-8-18)22(29)25-13-19-27-21(15(3)31-19)16-9-11-17(24)12-10-16/h4-12,14,20H,13H2,1-3H3,(H,25,29)(H2,26,28,30). The van der Waals surface area contributed by atoms with Crippen LogP contribution in [0.4, 0.5) is 10.5 Å². The third kappa shape index (κ3) is 6.29. The fourth-order valence-corrected chi connectivity index (χ4v) is 4.06. The Hall–Kier alpha value is -2.90. The number of benzene rings is 2. The molecule has 31 heavy (non-hydrogen) atoms. The summed E-state index contributed by atoms with van der Waals surface area (Å²) in [4.78, 5) is 30.8. The van der Waals surface area contributed by atoms with Gasteiger partial charge in [0.2, 0.25) is 5.91 Å². The van der Waals surface area contributed by atoms with E-state index >= 15 is 0 Å². The Balaban J connectivity index is 1.60. The van der Waals surface area contributed by atoms with Gasteiger partial charge in [-0.05, 0) is 37.1 Å². The van der Waals surface area contributed by atoms with Crippen LogP contribution in [0.25, 0.3) is 11.3 Å². The van der Waals surface area contributed by atoms with Crippen LogP contribution in [0, 0.1) is 12.8 Å². The van der Waals surface area contributed by atoms with Gasteiger partial charge in [0.05, 0.1) is 12.2 Å². The number of aryl methyl sites for hydroxylation is 1. The van der Waals surface area contributed by atoms with Crippen LogP contribution in [0.5, 0.6) is 0 Å². The Bertz CT molecular complexity index is 1040. The van der Waals surface area contributed by atoms with E-state index in [0.717, 1.165) is 21.1 Å². The number of carbonyl (C=O) groups excluding carboxylic acids is 2. The minimum absolute atomic E-state index is 0.0795. The van der Waals surface area contributed by atoms with Gasteiger partial charge in [0, 0.05) is 21.2 Å². The molecule has 1 heterocycles. The number of nitrogens with one attached hydrogen (secondary N) is 3. The summed E-state index contributed by atoms with van der Waals surface area (Å²) in [6, 6.07) is 15.5. The van der Waals surface area contributed by atoms with Crippen LogP contribution in [0.2, 0.25) is 5.02 Å². The number of amides is 3. The molecule has 0 spiro atoms. The van der Waals surface area contributed by atoms with Gasteiger partial charge >= 0.3 is 6.03 Å². The van der Waals surface area contributed by atoms with Gasteiger partial charge in [-0.3, -0.25) is 4.79 Å². The summed E-state index contributed by atoms with van der Waals surface area (Å²) >= 11 is 7.50. The van der Waals surface area contributed by atoms with Crippen molar-refractivity contribution < 1.29 is 9.59 Å². The number of para-hydroxylation sites is 1. The molecule has 0 aliphatic carbocycles. The highest BCUT2D eigenvalue weighted by Crippen LogP contribution is 2.28. The Morgan fingerprint density at radius 3 is 2.39 bits per heavy atom. The molecule has 162 valence electrons. The molecule has 1 unspecified atom stereocenters. The highest BCUT2D eigenvalue weighted by atomic mass is 35.5. The van der Waals surface area contributed by atoms with Crippen LogP contribution in [0.1, 0.15) is 23.7 Å². The Labute approximate surface area is 191 Å². The average Bonchev–Trinajstić information content (AvgIpc) is 3.12. The largest absolute Gasteiger partial charge is 0.348 e. The molecule has 0 aliphatic heterocycles. The Kier molecular flexibility index (Phi) is 7.65. The zero-order valence-corrected chi connectivity index (χ0v) is 19.2. The normalized spacial score (nSPS) is 11.8. The number of hydrogen-bond donors (Lipinski definition) is 3. The summed E-state index contributed by atoms with van der Waals surface area (Å²) in [5, 5.41) is 9.86. The molecule has 1 atom stereocenters. The molecule has 3 aromatic rings. The SMILES string of the molecule is Cc1sc(CNC(=O)C(NC(=O)Nc2ccccc2)C(C)C)nc1-c1ccc(Cl)cc1. The van der Waals surface area contributed by atoms with Gasteiger partial charge in [-0.1, -0.05) is 55.8 Å². The maximum Gasteiger partial charge on any atom is 0.319 e. The first-order valence-corrected chi connectivity index (χ1v) is 11.2. The first-order valence-electron chi connectivity index (χ1n) is 9.96. The minimum atomic E-state index is -0.666. The van der Waals surface area contributed by atoms with Crippen molar-refractivity contribution in [2.24, 2.45) is 5.92 Å². The van der Waals surface area contributed by atoms with E-state index < -0.39 is 12.1 Å². The second-order valence-electron chi connectivity index (χ2n) is 7.42. The molecule has 3 rings (SSSR count). The molecule has 3 amide bonds. The summed E-state index contributed by atoms with van der Waals surface area (Å²) in [5.74, 6) is -0.330. The number of nitrogens with zero attached hydrogens (tertiary/aromatic N) is 1. The van der Waals surface area contributed by atoms with Gasteiger partial charge in [0.15, 0.2) is 0 Å². The van der Waals surface area contributed by atoms with Crippen molar-refractivity contribution in [3.05, 3.63) is 69.5 Å². The molecule has 0 fully saturated rings. The van der Waals surface area contributed by atoms with E-state index in [1.807, 2.05) is 63.2 Å². The van der Waals surface area contributed by atoms with Crippen LogP contribution >= 0.6 is 22.9 Å². The van der Waals surface area contributed by atoms with Crippen molar-refractivity contribution in [1.82, 2.24) is 15.6 Å².